The van der Waals surface area contributed by atoms with E-state index in [1.165, 1.54) is 0 Å². The van der Waals surface area contributed by atoms with Crippen molar-refractivity contribution in [3.8, 4) is 0 Å². The molecule has 1 aliphatic rings. The topological polar surface area (TPSA) is 56.0 Å². The van der Waals surface area contributed by atoms with Crippen LogP contribution < -0.4 is 0 Å². The molecule has 1 aliphatic heterocycles. The number of carbonyl (C=O) groups is 1. The van der Waals surface area contributed by atoms with Gasteiger partial charge in [0.25, 0.3) is 0 Å². The van der Waals surface area contributed by atoms with Crippen molar-refractivity contribution in [3.63, 3.8) is 0 Å². The summed E-state index contributed by atoms with van der Waals surface area (Å²) in [6.45, 7) is 4.31. The zero-order chi connectivity index (χ0) is 18.1. The van der Waals surface area contributed by atoms with Gasteiger partial charge in [-0.05, 0) is 31.9 Å². The van der Waals surface area contributed by atoms with Crippen molar-refractivity contribution >= 4 is 16.9 Å². The number of aromatic nitrogens is 4. The molecule has 26 heavy (non-hydrogen) atoms. The number of likely N-dealkylation sites (tertiary alicyclic amines) is 1. The molecule has 136 valence electrons. The quantitative estimate of drug-likeness (QED) is 0.726. The normalized spacial score (nSPS) is 17.8. The van der Waals surface area contributed by atoms with Gasteiger partial charge in [0.1, 0.15) is 5.82 Å². The van der Waals surface area contributed by atoms with Gasteiger partial charge in [0.2, 0.25) is 5.91 Å². The van der Waals surface area contributed by atoms with Crippen LogP contribution in [-0.4, -0.2) is 43.0 Å². The minimum absolute atomic E-state index is 0.221. The Balaban J connectivity index is 1.40. The van der Waals surface area contributed by atoms with Gasteiger partial charge in [-0.25, -0.2) is 9.97 Å². The maximum atomic E-state index is 12.8. The Hall–Kier alpha value is -2.63. The van der Waals surface area contributed by atoms with Crippen LogP contribution in [0.1, 0.15) is 36.7 Å². The number of fused-ring (bicyclic) bond motifs is 1. The molecule has 0 aliphatic carbocycles. The number of hydrogen-bond donors (Lipinski definition) is 0. The summed E-state index contributed by atoms with van der Waals surface area (Å²) >= 11 is 0. The van der Waals surface area contributed by atoms with Gasteiger partial charge in [-0.3, -0.25) is 4.79 Å². The molecule has 0 unspecified atom stereocenters. The predicted molar refractivity (Wildman–Crippen MR) is 101 cm³/mol. The maximum absolute atomic E-state index is 12.8. The largest absolute Gasteiger partial charge is 0.342 e. The highest BCUT2D eigenvalue weighted by atomic mass is 16.2. The first-order chi connectivity index (χ1) is 12.6. The van der Waals surface area contributed by atoms with E-state index in [0.29, 0.717) is 18.9 Å². The minimum Gasteiger partial charge on any atom is -0.342 e. The molecule has 0 N–H and O–H groups in total. The number of hydrogen-bond acceptors (Lipinski definition) is 3. The van der Waals surface area contributed by atoms with Gasteiger partial charge in [-0.2, -0.15) is 0 Å². The lowest BCUT2D eigenvalue weighted by molar-refractivity contribution is -0.132. The molecule has 0 spiro atoms. The van der Waals surface area contributed by atoms with Crippen LogP contribution in [0, 0.1) is 6.92 Å². The molecule has 0 saturated carbocycles. The van der Waals surface area contributed by atoms with E-state index in [9.17, 15) is 4.79 Å². The highest BCUT2D eigenvalue weighted by Gasteiger charge is 2.27. The Morgan fingerprint density at radius 2 is 2.15 bits per heavy atom. The van der Waals surface area contributed by atoms with E-state index in [0.717, 1.165) is 48.5 Å². The van der Waals surface area contributed by atoms with Crippen LogP contribution in [0.25, 0.3) is 11.0 Å². The second-order valence-electron chi connectivity index (χ2n) is 7.21. The van der Waals surface area contributed by atoms with Gasteiger partial charge in [-0.15, -0.1) is 0 Å². The SMILES string of the molecule is Cc1cn(C)c([C@H]2CCCN(C(=O)CCn3cnc4ccccc43)C2)n1. The van der Waals surface area contributed by atoms with Gasteiger partial charge in [0.05, 0.1) is 23.1 Å². The van der Waals surface area contributed by atoms with Crippen LogP contribution in [0.3, 0.4) is 0 Å². The first-order valence-corrected chi connectivity index (χ1v) is 9.29. The number of nitrogens with zero attached hydrogens (tertiary/aromatic N) is 5. The third-order valence-electron chi connectivity index (χ3n) is 5.27. The van der Waals surface area contributed by atoms with Crippen molar-refractivity contribution in [2.24, 2.45) is 7.05 Å². The fraction of sp³-hybridized carbons (Fsp3) is 0.450. The molecule has 1 atom stereocenters. The first kappa shape index (κ1) is 16.8. The van der Waals surface area contributed by atoms with Crippen LogP contribution in [0.15, 0.2) is 36.8 Å². The number of amides is 1. The molecule has 3 aromatic rings. The van der Waals surface area contributed by atoms with Gasteiger partial charge in [0.15, 0.2) is 0 Å². The summed E-state index contributed by atoms with van der Waals surface area (Å²) in [5, 5.41) is 0. The number of aryl methyl sites for hydroxylation is 3. The van der Waals surface area contributed by atoms with Crippen molar-refractivity contribution in [2.45, 2.75) is 38.6 Å². The van der Waals surface area contributed by atoms with Gasteiger partial charge in [-0.1, -0.05) is 12.1 Å². The number of piperidine rings is 1. The Labute approximate surface area is 153 Å². The third kappa shape index (κ3) is 3.23. The highest BCUT2D eigenvalue weighted by molar-refractivity contribution is 5.77. The Morgan fingerprint density at radius 1 is 1.31 bits per heavy atom. The molecule has 1 aromatic carbocycles. The lowest BCUT2D eigenvalue weighted by Gasteiger charge is -2.32. The lowest BCUT2D eigenvalue weighted by Crippen LogP contribution is -2.40. The highest BCUT2D eigenvalue weighted by Crippen LogP contribution is 2.26. The zero-order valence-corrected chi connectivity index (χ0v) is 15.4. The summed E-state index contributed by atoms with van der Waals surface area (Å²) in [6, 6.07) is 8.04. The lowest BCUT2D eigenvalue weighted by atomic mass is 9.97. The van der Waals surface area contributed by atoms with E-state index in [1.54, 1.807) is 0 Å². The fourth-order valence-electron chi connectivity index (χ4n) is 3.99. The second-order valence-corrected chi connectivity index (χ2v) is 7.21. The number of imidazole rings is 2. The maximum Gasteiger partial charge on any atom is 0.224 e. The summed E-state index contributed by atoms with van der Waals surface area (Å²) in [6.07, 6.45) is 6.52. The number of carbonyl (C=O) groups excluding carboxylic acids is 1. The smallest absolute Gasteiger partial charge is 0.224 e. The molecule has 0 bridgehead atoms. The molecule has 6 nitrogen and oxygen atoms in total. The molecule has 6 heteroatoms. The first-order valence-electron chi connectivity index (χ1n) is 9.29. The van der Waals surface area contributed by atoms with E-state index in [4.69, 9.17) is 0 Å². The van der Waals surface area contributed by atoms with Gasteiger partial charge < -0.3 is 14.0 Å². The van der Waals surface area contributed by atoms with E-state index in [-0.39, 0.29) is 5.91 Å². The molecule has 2 aromatic heterocycles. The Bertz CT molecular complexity index is 925. The van der Waals surface area contributed by atoms with Crippen molar-refractivity contribution < 1.29 is 4.79 Å². The van der Waals surface area contributed by atoms with Crippen molar-refractivity contribution in [1.82, 2.24) is 24.0 Å². The standard InChI is InChI=1S/C20H25N5O/c1-15-12-23(2)20(22-15)16-6-5-10-24(13-16)19(26)9-11-25-14-21-17-7-3-4-8-18(17)25/h3-4,7-8,12,14,16H,5-6,9-11,13H2,1-2H3/t16-/m0/s1. The van der Waals surface area contributed by atoms with Crippen LogP contribution in [-0.2, 0) is 18.4 Å². The second kappa shape index (κ2) is 6.94. The zero-order valence-electron chi connectivity index (χ0n) is 15.4. The summed E-state index contributed by atoms with van der Waals surface area (Å²) in [5.74, 6) is 1.65. The number of rotatable bonds is 4. The summed E-state index contributed by atoms with van der Waals surface area (Å²) in [7, 11) is 2.04. The number of para-hydroxylation sites is 2. The van der Waals surface area contributed by atoms with Crippen molar-refractivity contribution in [3.05, 3.63) is 48.3 Å². The molecular weight excluding hydrogens is 326 g/mol. The molecule has 1 saturated heterocycles. The fourth-order valence-corrected chi connectivity index (χ4v) is 3.99. The summed E-state index contributed by atoms with van der Waals surface area (Å²) in [5.41, 5.74) is 3.10. The van der Waals surface area contributed by atoms with E-state index >= 15 is 0 Å². The monoisotopic (exact) mass is 351 g/mol. The molecule has 0 radical (unpaired) electrons. The van der Waals surface area contributed by atoms with Crippen molar-refractivity contribution in [1.29, 1.82) is 0 Å². The Morgan fingerprint density at radius 3 is 2.96 bits per heavy atom. The van der Waals surface area contributed by atoms with Gasteiger partial charge in [0, 0.05) is 45.2 Å². The summed E-state index contributed by atoms with van der Waals surface area (Å²) in [4.78, 5) is 23.8. The third-order valence-corrected chi connectivity index (χ3v) is 5.27. The molecule has 3 heterocycles. The van der Waals surface area contributed by atoms with Gasteiger partial charge >= 0.3 is 0 Å². The molecule has 4 rings (SSSR count). The van der Waals surface area contributed by atoms with Crippen LogP contribution in [0.2, 0.25) is 0 Å². The minimum atomic E-state index is 0.221. The Kier molecular flexibility index (Phi) is 4.49. The van der Waals surface area contributed by atoms with Crippen LogP contribution >= 0.6 is 0 Å². The van der Waals surface area contributed by atoms with Crippen LogP contribution in [0.5, 0.6) is 0 Å². The molecule has 1 amide bonds. The molecular formula is C20H25N5O. The average molecular weight is 351 g/mol. The van der Waals surface area contributed by atoms with Crippen molar-refractivity contribution in [2.75, 3.05) is 13.1 Å². The number of benzene rings is 1. The van der Waals surface area contributed by atoms with Crippen LogP contribution in [0.4, 0.5) is 0 Å². The molecule has 1 fully saturated rings. The van der Waals surface area contributed by atoms with E-state index < -0.39 is 0 Å². The predicted octanol–water partition coefficient (Wildman–Crippen LogP) is 2.87. The van der Waals surface area contributed by atoms with E-state index in [2.05, 4.69) is 25.3 Å². The summed E-state index contributed by atoms with van der Waals surface area (Å²) < 4.78 is 4.17. The average Bonchev–Trinajstić information content (AvgIpc) is 3.22. The van der Waals surface area contributed by atoms with E-state index in [1.807, 2.05) is 49.5 Å².